The highest BCUT2D eigenvalue weighted by molar-refractivity contribution is 5.62. The van der Waals surface area contributed by atoms with Crippen molar-refractivity contribution in [2.45, 2.75) is 0 Å². The van der Waals surface area contributed by atoms with E-state index < -0.39 is 29.0 Å². The molecule has 20 heavy (non-hydrogen) atoms. The Bertz CT molecular complexity index is 635. The predicted molar refractivity (Wildman–Crippen MR) is 65.5 cm³/mol. The summed E-state index contributed by atoms with van der Waals surface area (Å²) in [6, 6.07) is 1.38. The second-order valence-electron chi connectivity index (χ2n) is 3.71. The minimum Gasteiger partial charge on any atom is -0.373 e. The van der Waals surface area contributed by atoms with E-state index in [1.54, 1.807) is 0 Å². The Balaban J connectivity index is 2.47. The van der Waals surface area contributed by atoms with E-state index in [-0.39, 0.29) is 23.7 Å². The summed E-state index contributed by atoms with van der Waals surface area (Å²) in [6.07, 6.45) is 0. The first-order valence-electron chi connectivity index (χ1n) is 5.34. The molecule has 0 fully saturated rings. The van der Waals surface area contributed by atoms with Crippen LogP contribution in [0.3, 0.4) is 0 Å². The van der Waals surface area contributed by atoms with Crippen LogP contribution in [0.25, 0.3) is 0 Å². The highest BCUT2D eigenvalue weighted by Gasteiger charge is 2.19. The zero-order valence-corrected chi connectivity index (χ0v) is 10.1. The summed E-state index contributed by atoms with van der Waals surface area (Å²) in [5.74, 6) is -6.22. The molecule has 0 aliphatic rings. The van der Waals surface area contributed by atoms with Crippen LogP contribution in [0.2, 0.25) is 0 Å². The normalized spacial score (nSPS) is 10.4. The maximum atomic E-state index is 13.5. The fourth-order valence-corrected chi connectivity index (χ4v) is 1.47. The van der Waals surface area contributed by atoms with Gasteiger partial charge in [-0.1, -0.05) is 0 Å². The van der Waals surface area contributed by atoms with Crippen LogP contribution in [0.15, 0.2) is 12.1 Å². The van der Waals surface area contributed by atoms with Crippen LogP contribution in [0, 0.1) is 23.3 Å². The van der Waals surface area contributed by atoms with Gasteiger partial charge in [0.2, 0.25) is 5.95 Å². The largest absolute Gasteiger partial charge is 0.373 e. The van der Waals surface area contributed by atoms with Gasteiger partial charge in [0.15, 0.2) is 23.3 Å². The number of hydrogen-bond acceptors (Lipinski definition) is 5. The molecule has 106 valence electrons. The molecule has 1 aromatic heterocycles. The molecule has 0 atom stereocenters. The molecule has 0 saturated carbocycles. The van der Waals surface area contributed by atoms with Crippen molar-refractivity contribution in [2.24, 2.45) is 0 Å². The zero-order chi connectivity index (χ0) is 14.9. The minimum atomic E-state index is -1.56. The van der Waals surface area contributed by atoms with Gasteiger partial charge in [0.05, 0.1) is 0 Å². The molecule has 1 aromatic carbocycles. The monoisotopic (exact) mass is 287 g/mol. The lowest BCUT2D eigenvalue weighted by Crippen LogP contribution is -2.07. The molecule has 0 radical (unpaired) electrons. The van der Waals surface area contributed by atoms with E-state index in [1.165, 1.54) is 13.1 Å². The van der Waals surface area contributed by atoms with Gasteiger partial charge in [0, 0.05) is 19.2 Å². The fourth-order valence-electron chi connectivity index (χ4n) is 1.47. The Kier molecular flexibility index (Phi) is 3.59. The molecule has 2 rings (SSSR count). The fraction of sp³-hybridized carbons (Fsp3) is 0.0909. The summed E-state index contributed by atoms with van der Waals surface area (Å²) in [6.45, 7) is 0. The molecule has 0 bridgehead atoms. The molecule has 0 unspecified atom stereocenters. The van der Waals surface area contributed by atoms with Crippen LogP contribution >= 0.6 is 0 Å². The number of hydrogen-bond donors (Lipinski definition) is 3. The van der Waals surface area contributed by atoms with Crippen molar-refractivity contribution in [3.05, 3.63) is 35.4 Å². The summed E-state index contributed by atoms with van der Waals surface area (Å²) in [4.78, 5) is 7.41. The van der Waals surface area contributed by atoms with Crippen molar-refractivity contribution in [3.63, 3.8) is 0 Å². The molecule has 0 saturated heterocycles. The van der Waals surface area contributed by atoms with Gasteiger partial charge in [-0.15, -0.1) is 0 Å². The number of aromatic nitrogens is 2. The molecule has 9 heteroatoms. The van der Waals surface area contributed by atoms with Gasteiger partial charge in [-0.05, 0) is 0 Å². The number of nitrogens with zero attached hydrogens (tertiary/aromatic N) is 2. The Hall–Kier alpha value is -2.58. The Morgan fingerprint density at radius 1 is 0.950 bits per heavy atom. The van der Waals surface area contributed by atoms with Crippen LogP contribution < -0.4 is 16.4 Å². The molecule has 0 spiro atoms. The van der Waals surface area contributed by atoms with Crippen LogP contribution in [-0.4, -0.2) is 17.0 Å². The van der Waals surface area contributed by atoms with Crippen LogP contribution in [0.4, 0.5) is 40.8 Å². The zero-order valence-electron chi connectivity index (χ0n) is 10.1. The lowest BCUT2D eigenvalue weighted by molar-refractivity contribution is 0.459. The second kappa shape index (κ2) is 5.19. The molecule has 5 nitrogen and oxygen atoms in total. The first-order valence-corrected chi connectivity index (χ1v) is 5.34. The SMILES string of the molecule is CNc1cc(Nc2c(F)c(F)cc(F)c2F)nc(N)n1. The number of nitrogens with two attached hydrogens (primary N) is 1. The second-order valence-corrected chi connectivity index (χ2v) is 3.71. The van der Waals surface area contributed by atoms with Gasteiger partial charge >= 0.3 is 0 Å². The maximum Gasteiger partial charge on any atom is 0.223 e. The highest BCUT2D eigenvalue weighted by Crippen LogP contribution is 2.27. The van der Waals surface area contributed by atoms with Crippen LogP contribution in [0.5, 0.6) is 0 Å². The average molecular weight is 287 g/mol. The average Bonchev–Trinajstić information content (AvgIpc) is 2.40. The number of nitrogen functional groups attached to an aromatic ring is 1. The van der Waals surface area contributed by atoms with Crippen molar-refractivity contribution in [1.82, 2.24) is 9.97 Å². The molecular weight excluding hydrogens is 278 g/mol. The van der Waals surface area contributed by atoms with Crippen molar-refractivity contribution in [2.75, 3.05) is 23.4 Å². The Morgan fingerprint density at radius 2 is 1.50 bits per heavy atom. The van der Waals surface area contributed by atoms with E-state index in [9.17, 15) is 17.6 Å². The first-order chi connectivity index (χ1) is 9.42. The van der Waals surface area contributed by atoms with E-state index in [0.717, 1.165) is 0 Å². The van der Waals surface area contributed by atoms with Gasteiger partial charge in [-0.25, -0.2) is 17.6 Å². The predicted octanol–water partition coefficient (Wildman–Crippen LogP) is 2.40. The van der Waals surface area contributed by atoms with Gasteiger partial charge in [0.25, 0.3) is 0 Å². The number of halogens is 4. The summed E-state index contributed by atoms with van der Waals surface area (Å²) >= 11 is 0. The Labute approximate surface area is 110 Å². The van der Waals surface area contributed by atoms with Gasteiger partial charge < -0.3 is 16.4 Å². The molecular formula is C11H9F4N5. The summed E-state index contributed by atoms with van der Waals surface area (Å²) < 4.78 is 53.1. The first kappa shape index (κ1) is 13.8. The lowest BCUT2D eigenvalue weighted by Gasteiger charge is -2.10. The molecule has 1 heterocycles. The smallest absolute Gasteiger partial charge is 0.223 e. The van der Waals surface area contributed by atoms with Crippen molar-refractivity contribution in [3.8, 4) is 0 Å². The summed E-state index contributed by atoms with van der Waals surface area (Å²) in [5, 5.41) is 4.78. The lowest BCUT2D eigenvalue weighted by atomic mass is 10.2. The maximum absolute atomic E-state index is 13.5. The number of anilines is 4. The van der Waals surface area contributed by atoms with E-state index >= 15 is 0 Å². The third-order valence-electron chi connectivity index (χ3n) is 2.36. The van der Waals surface area contributed by atoms with Gasteiger partial charge in [0.1, 0.15) is 17.3 Å². The number of benzene rings is 1. The van der Waals surface area contributed by atoms with E-state index in [1.807, 2.05) is 0 Å². The molecule has 0 aliphatic heterocycles. The quantitative estimate of drug-likeness (QED) is 0.597. The number of nitrogens with one attached hydrogen (secondary N) is 2. The third-order valence-corrected chi connectivity index (χ3v) is 2.36. The highest BCUT2D eigenvalue weighted by atomic mass is 19.2. The van der Waals surface area contributed by atoms with Gasteiger partial charge in [-0.2, -0.15) is 9.97 Å². The Morgan fingerprint density at radius 3 is 2.05 bits per heavy atom. The van der Waals surface area contributed by atoms with E-state index in [0.29, 0.717) is 0 Å². The van der Waals surface area contributed by atoms with Crippen LogP contribution in [-0.2, 0) is 0 Å². The number of rotatable bonds is 3. The van der Waals surface area contributed by atoms with Crippen LogP contribution in [0.1, 0.15) is 0 Å². The summed E-state index contributed by atoms with van der Waals surface area (Å²) in [7, 11) is 1.54. The van der Waals surface area contributed by atoms with Gasteiger partial charge in [-0.3, -0.25) is 0 Å². The molecule has 4 N–H and O–H groups in total. The van der Waals surface area contributed by atoms with Crippen molar-refractivity contribution in [1.29, 1.82) is 0 Å². The van der Waals surface area contributed by atoms with E-state index in [2.05, 4.69) is 20.6 Å². The third kappa shape index (κ3) is 2.56. The standard InChI is InChI=1S/C11H9F4N5/c1-17-6-3-7(20-11(16)19-6)18-10-8(14)4(12)2-5(13)9(10)15/h2-3H,1H3,(H4,16,17,18,19,20). The summed E-state index contributed by atoms with van der Waals surface area (Å²) in [5.41, 5.74) is 4.39. The molecule has 0 aliphatic carbocycles. The van der Waals surface area contributed by atoms with E-state index in [4.69, 9.17) is 5.73 Å². The topological polar surface area (TPSA) is 75.9 Å². The molecule has 0 amide bonds. The van der Waals surface area contributed by atoms with Crippen molar-refractivity contribution < 1.29 is 17.6 Å². The minimum absolute atomic E-state index is 0.114. The van der Waals surface area contributed by atoms with Crippen molar-refractivity contribution >= 4 is 23.3 Å². The molecule has 2 aromatic rings.